The van der Waals surface area contributed by atoms with E-state index in [1.54, 1.807) is 0 Å². The van der Waals surface area contributed by atoms with E-state index in [-0.39, 0.29) is 12.4 Å². The minimum atomic E-state index is 0. The van der Waals surface area contributed by atoms with Gasteiger partial charge in [-0.2, -0.15) is 0 Å². The fraction of sp³-hybridized carbons (Fsp3) is 0.375. The molecule has 0 bridgehead atoms. The normalized spacial score (nSPS) is 10.5. The SMILES string of the molecule is CCN(CC)CCOc1ccc2ccccc2c1.Cl. The van der Waals surface area contributed by atoms with E-state index < -0.39 is 0 Å². The molecule has 0 aliphatic carbocycles. The summed E-state index contributed by atoms with van der Waals surface area (Å²) in [4.78, 5) is 2.36. The first-order chi connectivity index (χ1) is 8.83. The molecular weight excluding hydrogens is 258 g/mol. The molecule has 2 aromatic carbocycles. The van der Waals surface area contributed by atoms with Crippen molar-refractivity contribution in [2.75, 3.05) is 26.2 Å². The Morgan fingerprint density at radius 1 is 0.947 bits per heavy atom. The highest BCUT2D eigenvalue weighted by Crippen LogP contribution is 2.20. The molecule has 0 radical (unpaired) electrons. The van der Waals surface area contributed by atoms with Crippen molar-refractivity contribution in [3.05, 3.63) is 42.5 Å². The van der Waals surface area contributed by atoms with Crippen molar-refractivity contribution in [2.24, 2.45) is 0 Å². The Morgan fingerprint density at radius 3 is 2.32 bits per heavy atom. The second kappa shape index (κ2) is 8.03. The molecule has 104 valence electrons. The van der Waals surface area contributed by atoms with E-state index in [4.69, 9.17) is 4.74 Å². The van der Waals surface area contributed by atoms with Crippen molar-refractivity contribution in [3.8, 4) is 5.75 Å². The summed E-state index contributed by atoms with van der Waals surface area (Å²) >= 11 is 0. The molecule has 0 atom stereocenters. The van der Waals surface area contributed by atoms with Crippen LogP contribution in [0.15, 0.2) is 42.5 Å². The molecule has 0 fully saturated rings. The Labute approximate surface area is 121 Å². The number of hydrogen-bond acceptors (Lipinski definition) is 2. The number of rotatable bonds is 6. The van der Waals surface area contributed by atoms with E-state index in [2.05, 4.69) is 55.1 Å². The summed E-state index contributed by atoms with van der Waals surface area (Å²) in [6.07, 6.45) is 0. The molecule has 2 aromatic rings. The summed E-state index contributed by atoms with van der Waals surface area (Å²) in [5, 5.41) is 2.49. The summed E-state index contributed by atoms with van der Waals surface area (Å²) in [6, 6.07) is 14.6. The first-order valence-electron chi connectivity index (χ1n) is 6.67. The third-order valence-corrected chi connectivity index (χ3v) is 3.29. The molecular formula is C16H22ClNO. The highest BCUT2D eigenvalue weighted by atomic mass is 35.5. The van der Waals surface area contributed by atoms with Crippen molar-refractivity contribution < 1.29 is 4.74 Å². The molecule has 0 aromatic heterocycles. The molecule has 3 heteroatoms. The molecule has 0 amide bonds. The molecule has 2 nitrogen and oxygen atoms in total. The van der Waals surface area contributed by atoms with Crippen LogP contribution in [0.25, 0.3) is 10.8 Å². The molecule has 0 heterocycles. The zero-order valence-electron chi connectivity index (χ0n) is 11.6. The van der Waals surface area contributed by atoms with Crippen LogP contribution in [0.1, 0.15) is 13.8 Å². The lowest BCUT2D eigenvalue weighted by Gasteiger charge is -2.18. The van der Waals surface area contributed by atoms with Gasteiger partial charge in [0.05, 0.1) is 0 Å². The number of nitrogens with zero attached hydrogens (tertiary/aromatic N) is 1. The van der Waals surface area contributed by atoms with E-state index in [0.29, 0.717) is 0 Å². The Morgan fingerprint density at radius 2 is 1.63 bits per heavy atom. The van der Waals surface area contributed by atoms with Crippen LogP contribution in [0.5, 0.6) is 5.75 Å². The smallest absolute Gasteiger partial charge is 0.120 e. The second-order valence-corrected chi connectivity index (χ2v) is 4.38. The summed E-state index contributed by atoms with van der Waals surface area (Å²) in [5.41, 5.74) is 0. The second-order valence-electron chi connectivity index (χ2n) is 4.38. The van der Waals surface area contributed by atoms with Gasteiger partial charge in [0.2, 0.25) is 0 Å². The van der Waals surface area contributed by atoms with Gasteiger partial charge in [0.15, 0.2) is 0 Å². The topological polar surface area (TPSA) is 12.5 Å². The maximum atomic E-state index is 5.81. The van der Waals surface area contributed by atoms with Crippen LogP contribution in [0.3, 0.4) is 0 Å². The number of fused-ring (bicyclic) bond motifs is 1. The number of ether oxygens (including phenoxy) is 1. The van der Waals surface area contributed by atoms with Crippen molar-refractivity contribution >= 4 is 23.2 Å². The summed E-state index contributed by atoms with van der Waals surface area (Å²) < 4.78 is 5.81. The number of halogens is 1. The Balaban J connectivity index is 0.00000180. The van der Waals surface area contributed by atoms with Crippen molar-refractivity contribution in [1.82, 2.24) is 4.90 Å². The van der Waals surface area contributed by atoms with Crippen LogP contribution in [-0.4, -0.2) is 31.1 Å². The predicted octanol–water partition coefficient (Wildman–Crippen LogP) is 3.98. The van der Waals surface area contributed by atoms with Gasteiger partial charge in [-0.1, -0.05) is 44.2 Å². The minimum absolute atomic E-state index is 0. The third-order valence-electron chi connectivity index (χ3n) is 3.29. The van der Waals surface area contributed by atoms with E-state index in [1.807, 2.05) is 6.07 Å². The zero-order chi connectivity index (χ0) is 12.8. The molecule has 0 N–H and O–H groups in total. The fourth-order valence-electron chi connectivity index (χ4n) is 2.09. The number of benzene rings is 2. The number of hydrogen-bond donors (Lipinski definition) is 0. The van der Waals surface area contributed by atoms with Crippen molar-refractivity contribution in [1.29, 1.82) is 0 Å². The van der Waals surface area contributed by atoms with Gasteiger partial charge in [0, 0.05) is 6.54 Å². The lowest BCUT2D eigenvalue weighted by atomic mass is 10.1. The minimum Gasteiger partial charge on any atom is -0.492 e. The zero-order valence-corrected chi connectivity index (χ0v) is 12.5. The van der Waals surface area contributed by atoms with Gasteiger partial charge >= 0.3 is 0 Å². The van der Waals surface area contributed by atoms with Crippen LogP contribution < -0.4 is 4.74 Å². The molecule has 2 rings (SSSR count). The average Bonchev–Trinajstić information content (AvgIpc) is 2.43. The molecule has 0 aliphatic rings. The lowest BCUT2D eigenvalue weighted by Crippen LogP contribution is -2.27. The lowest BCUT2D eigenvalue weighted by molar-refractivity contribution is 0.223. The van der Waals surface area contributed by atoms with Crippen molar-refractivity contribution in [3.63, 3.8) is 0 Å². The summed E-state index contributed by atoms with van der Waals surface area (Å²) in [6.45, 7) is 8.26. The van der Waals surface area contributed by atoms with Gasteiger partial charge in [-0.25, -0.2) is 0 Å². The van der Waals surface area contributed by atoms with Gasteiger partial charge in [-0.3, -0.25) is 0 Å². The first-order valence-corrected chi connectivity index (χ1v) is 6.67. The molecule has 0 saturated carbocycles. The van der Waals surface area contributed by atoms with Crippen LogP contribution in [-0.2, 0) is 0 Å². The van der Waals surface area contributed by atoms with Gasteiger partial charge in [0.1, 0.15) is 12.4 Å². The molecule has 0 aliphatic heterocycles. The van der Waals surface area contributed by atoms with Gasteiger partial charge in [-0.05, 0) is 36.0 Å². The molecule has 0 unspecified atom stereocenters. The van der Waals surface area contributed by atoms with Crippen LogP contribution in [0.4, 0.5) is 0 Å². The maximum absolute atomic E-state index is 5.81. The van der Waals surface area contributed by atoms with E-state index in [0.717, 1.165) is 32.0 Å². The average molecular weight is 280 g/mol. The Hall–Kier alpha value is -1.25. The first kappa shape index (κ1) is 15.8. The van der Waals surface area contributed by atoms with E-state index in [9.17, 15) is 0 Å². The number of likely N-dealkylation sites (N-methyl/N-ethyl adjacent to an activating group) is 1. The summed E-state index contributed by atoms with van der Waals surface area (Å²) in [5.74, 6) is 0.959. The third kappa shape index (κ3) is 4.41. The summed E-state index contributed by atoms with van der Waals surface area (Å²) in [7, 11) is 0. The van der Waals surface area contributed by atoms with Crippen LogP contribution in [0, 0.1) is 0 Å². The van der Waals surface area contributed by atoms with Crippen LogP contribution >= 0.6 is 12.4 Å². The van der Waals surface area contributed by atoms with Gasteiger partial charge < -0.3 is 9.64 Å². The van der Waals surface area contributed by atoms with Gasteiger partial charge in [0.25, 0.3) is 0 Å². The van der Waals surface area contributed by atoms with E-state index in [1.165, 1.54) is 10.8 Å². The monoisotopic (exact) mass is 279 g/mol. The van der Waals surface area contributed by atoms with Crippen molar-refractivity contribution in [2.45, 2.75) is 13.8 Å². The van der Waals surface area contributed by atoms with Gasteiger partial charge in [-0.15, -0.1) is 12.4 Å². The molecule has 19 heavy (non-hydrogen) atoms. The largest absolute Gasteiger partial charge is 0.492 e. The maximum Gasteiger partial charge on any atom is 0.120 e. The standard InChI is InChI=1S/C16H21NO.ClH/c1-3-17(4-2)11-12-18-16-10-9-14-7-5-6-8-15(14)13-16;/h5-10,13H,3-4,11-12H2,1-2H3;1H. The highest BCUT2D eigenvalue weighted by molar-refractivity contribution is 5.85. The highest BCUT2D eigenvalue weighted by Gasteiger charge is 2.00. The molecule has 0 spiro atoms. The quantitative estimate of drug-likeness (QED) is 0.793. The predicted molar refractivity (Wildman–Crippen MR) is 84.5 cm³/mol. The van der Waals surface area contributed by atoms with Crippen LogP contribution in [0.2, 0.25) is 0 Å². The Bertz CT molecular complexity index is 497. The Kier molecular flexibility index (Phi) is 6.68. The fourth-order valence-corrected chi connectivity index (χ4v) is 2.09. The molecule has 0 saturated heterocycles. The van der Waals surface area contributed by atoms with E-state index >= 15 is 0 Å².